The minimum Gasteiger partial charge on any atom is -0.320 e. The van der Waals surface area contributed by atoms with Gasteiger partial charge in [0.15, 0.2) is 0 Å². The van der Waals surface area contributed by atoms with Crippen molar-refractivity contribution >= 4 is 0 Å². The quantitative estimate of drug-likeness (QED) is 0.525. The molecule has 0 aliphatic heterocycles. The van der Waals surface area contributed by atoms with Crippen LogP contribution < -0.4 is 5.32 Å². The van der Waals surface area contributed by atoms with Gasteiger partial charge in [0.25, 0.3) is 0 Å². The van der Waals surface area contributed by atoms with E-state index in [9.17, 15) is 0 Å². The molecule has 1 N–H and O–H groups in total. The third-order valence-electron chi connectivity index (χ3n) is 2.92. The summed E-state index contributed by atoms with van der Waals surface area (Å²) >= 11 is 0. The first-order valence-electron chi connectivity index (χ1n) is 6.45. The molecule has 1 heteroatoms. The summed E-state index contributed by atoms with van der Waals surface area (Å²) in [7, 11) is 2.04. The van der Waals surface area contributed by atoms with Crippen molar-refractivity contribution < 1.29 is 0 Å². The molecule has 0 amide bonds. The Kier molecular flexibility index (Phi) is 11.0. The number of hydrogen-bond donors (Lipinski definition) is 1. The van der Waals surface area contributed by atoms with Crippen molar-refractivity contribution in [3.63, 3.8) is 0 Å². The van der Waals surface area contributed by atoms with E-state index < -0.39 is 0 Å². The largest absolute Gasteiger partial charge is 0.320 e. The van der Waals surface area contributed by atoms with Gasteiger partial charge in [-0.05, 0) is 25.9 Å². The molecule has 0 spiro atoms. The van der Waals surface area contributed by atoms with Crippen LogP contribution in [0.25, 0.3) is 0 Å². The van der Waals surface area contributed by atoms with E-state index in [0.29, 0.717) is 0 Å². The Hall–Kier alpha value is -0.0400. The SMILES string of the molecule is CCCCCCC(C)CCCCNC. The van der Waals surface area contributed by atoms with Crippen LogP contribution in [0.5, 0.6) is 0 Å². The van der Waals surface area contributed by atoms with E-state index >= 15 is 0 Å². The third kappa shape index (κ3) is 10.0. The Morgan fingerprint density at radius 2 is 1.57 bits per heavy atom. The van der Waals surface area contributed by atoms with Crippen LogP contribution in [0.4, 0.5) is 0 Å². The molecule has 0 saturated heterocycles. The van der Waals surface area contributed by atoms with E-state index in [1.807, 2.05) is 7.05 Å². The number of hydrogen-bond acceptors (Lipinski definition) is 1. The zero-order valence-corrected chi connectivity index (χ0v) is 10.4. The van der Waals surface area contributed by atoms with Gasteiger partial charge in [0.2, 0.25) is 0 Å². The van der Waals surface area contributed by atoms with Gasteiger partial charge in [-0.2, -0.15) is 0 Å². The molecule has 0 rings (SSSR count). The smallest absolute Gasteiger partial charge is 0.00519 e. The lowest BCUT2D eigenvalue weighted by Gasteiger charge is -2.10. The van der Waals surface area contributed by atoms with Crippen LogP contribution in [0.15, 0.2) is 0 Å². The lowest BCUT2D eigenvalue weighted by molar-refractivity contribution is 0.439. The average molecular weight is 199 g/mol. The zero-order chi connectivity index (χ0) is 10.6. The molecule has 1 unspecified atom stereocenters. The second-order valence-corrected chi connectivity index (χ2v) is 4.55. The van der Waals surface area contributed by atoms with Gasteiger partial charge in [-0.15, -0.1) is 0 Å². The fourth-order valence-electron chi connectivity index (χ4n) is 1.86. The second-order valence-electron chi connectivity index (χ2n) is 4.55. The van der Waals surface area contributed by atoms with E-state index in [1.54, 1.807) is 0 Å². The van der Waals surface area contributed by atoms with Crippen LogP contribution in [0, 0.1) is 5.92 Å². The first-order chi connectivity index (χ1) is 6.81. The van der Waals surface area contributed by atoms with Crippen LogP contribution in [0.2, 0.25) is 0 Å². The van der Waals surface area contributed by atoms with Crippen LogP contribution in [0.3, 0.4) is 0 Å². The topological polar surface area (TPSA) is 12.0 Å². The maximum absolute atomic E-state index is 3.20. The van der Waals surface area contributed by atoms with Gasteiger partial charge in [0.1, 0.15) is 0 Å². The zero-order valence-electron chi connectivity index (χ0n) is 10.4. The standard InChI is InChI=1S/C13H29N/c1-4-5-6-7-10-13(2)11-8-9-12-14-3/h13-14H,4-12H2,1-3H3. The van der Waals surface area contributed by atoms with Gasteiger partial charge in [0.05, 0.1) is 0 Å². The molecule has 14 heavy (non-hydrogen) atoms. The minimum absolute atomic E-state index is 0.948. The summed E-state index contributed by atoms with van der Waals surface area (Å²) in [4.78, 5) is 0. The minimum atomic E-state index is 0.948. The fraction of sp³-hybridized carbons (Fsp3) is 1.00. The van der Waals surface area contributed by atoms with Crippen LogP contribution in [-0.4, -0.2) is 13.6 Å². The molecule has 86 valence electrons. The first kappa shape index (κ1) is 14.0. The Labute approximate surface area is 90.7 Å². The summed E-state index contributed by atoms with van der Waals surface area (Å²) in [5, 5.41) is 3.20. The summed E-state index contributed by atoms with van der Waals surface area (Å²) in [6.45, 7) is 5.87. The summed E-state index contributed by atoms with van der Waals surface area (Å²) < 4.78 is 0. The lowest BCUT2D eigenvalue weighted by atomic mass is 9.97. The highest BCUT2D eigenvalue weighted by Crippen LogP contribution is 2.15. The van der Waals surface area contributed by atoms with Crippen molar-refractivity contribution in [1.82, 2.24) is 5.32 Å². The average Bonchev–Trinajstić information content (AvgIpc) is 2.19. The Morgan fingerprint density at radius 1 is 0.929 bits per heavy atom. The third-order valence-corrected chi connectivity index (χ3v) is 2.92. The molecule has 1 atom stereocenters. The van der Waals surface area contributed by atoms with E-state index in [-0.39, 0.29) is 0 Å². The summed E-state index contributed by atoms with van der Waals surface area (Å²) in [6, 6.07) is 0. The normalized spacial score (nSPS) is 13.1. The van der Waals surface area contributed by atoms with Crippen LogP contribution in [-0.2, 0) is 0 Å². The monoisotopic (exact) mass is 199 g/mol. The molecule has 0 aliphatic rings. The predicted molar refractivity (Wildman–Crippen MR) is 65.7 cm³/mol. The highest BCUT2D eigenvalue weighted by molar-refractivity contribution is 4.55. The molecule has 0 saturated carbocycles. The van der Waals surface area contributed by atoms with Crippen LogP contribution >= 0.6 is 0 Å². The van der Waals surface area contributed by atoms with Crippen molar-refractivity contribution in [1.29, 1.82) is 0 Å². The molecular formula is C13H29N. The maximum atomic E-state index is 3.20. The lowest BCUT2D eigenvalue weighted by Crippen LogP contribution is -2.07. The molecule has 0 aromatic rings. The van der Waals surface area contributed by atoms with Crippen molar-refractivity contribution in [3.05, 3.63) is 0 Å². The van der Waals surface area contributed by atoms with Gasteiger partial charge in [-0.3, -0.25) is 0 Å². The van der Waals surface area contributed by atoms with Crippen molar-refractivity contribution in [2.75, 3.05) is 13.6 Å². The summed E-state index contributed by atoms with van der Waals surface area (Å²) in [5.41, 5.74) is 0. The van der Waals surface area contributed by atoms with Crippen LogP contribution in [0.1, 0.15) is 65.2 Å². The van der Waals surface area contributed by atoms with Gasteiger partial charge in [0, 0.05) is 0 Å². The number of unbranched alkanes of at least 4 members (excludes halogenated alkanes) is 4. The van der Waals surface area contributed by atoms with Gasteiger partial charge in [-0.1, -0.05) is 58.8 Å². The van der Waals surface area contributed by atoms with Gasteiger partial charge in [-0.25, -0.2) is 0 Å². The molecule has 1 nitrogen and oxygen atoms in total. The van der Waals surface area contributed by atoms with E-state index in [4.69, 9.17) is 0 Å². The molecule has 0 radical (unpaired) electrons. The molecule has 0 bridgehead atoms. The fourth-order valence-corrected chi connectivity index (χ4v) is 1.86. The second kappa shape index (κ2) is 11.0. The molecule has 0 aromatic heterocycles. The van der Waals surface area contributed by atoms with E-state index in [1.165, 1.54) is 57.9 Å². The van der Waals surface area contributed by atoms with E-state index in [0.717, 1.165) is 5.92 Å². The highest BCUT2D eigenvalue weighted by atomic mass is 14.8. The molecule has 0 fully saturated rings. The summed E-state index contributed by atoms with van der Waals surface area (Å²) in [6.07, 6.45) is 11.3. The van der Waals surface area contributed by atoms with Gasteiger partial charge >= 0.3 is 0 Å². The molecule has 0 aliphatic carbocycles. The molecule has 0 aromatic carbocycles. The van der Waals surface area contributed by atoms with Gasteiger partial charge < -0.3 is 5.32 Å². The Bertz CT molecular complexity index is 89.4. The van der Waals surface area contributed by atoms with Crippen molar-refractivity contribution in [2.24, 2.45) is 5.92 Å². The van der Waals surface area contributed by atoms with E-state index in [2.05, 4.69) is 19.2 Å². The summed E-state index contributed by atoms with van der Waals surface area (Å²) in [5.74, 6) is 0.948. The Morgan fingerprint density at radius 3 is 2.14 bits per heavy atom. The highest BCUT2D eigenvalue weighted by Gasteiger charge is 2.01. The first-order valence-corrected chi connectivity index (χ1v) is 6.45. The Balaban J connectivity index is 3.07. The van der Waals surface area contributed by atoms with Crippen molar-refractivity contribution in [2.45, 2.75) is 65.2 Å². The maximum Gasteiger partial charge on any atom is -0.00519 e. The predicted octanol–water partition coefficient (Wildman–Crippen LogP) is 3.98. The number of nitrogens with one attached hydrogen (secondary N) is 1. The number of rotatable bonds is 10. The van der Waals surface area contributed by atoms with Crippen molar-refractivity contribution in [3.8, 4) is 0 Å². The molecular weight excluding hydrogens is 170 g/mol. The molecule has 0 heterocycles.